The van der Waals surface area contributed by atoms with Crippen molar-refractivity contribution < 1.29 is 19.1 Å². The van der Waals surface area contributed by atoms with Crippen LogP contribution < -0.4 is 5.32 Å². The van der Waals surface area contributed by atoms with Gasteiger partial charge in [-0.05, 0) is 25.0 Å². The van der Waals surface area contributed by atoms with E-state index in [0.29, 0.717) is 29.4 Å². The van der Waals surface area contributed by atoms with E-state index in [1.54, 1.807) is 6.07 Å². The van der Waals surface area contributed by atoms with Crippen molar-refractivity contribution >= 4 is 28.8 Å². The van der Waals surface area contributed by atoms with Crippen molar-refractivity contribution in [3.63, 3.8) is 0 Å². The van der Waals surface area contributed by atoms with Crippen LogP contribution in [-0.4, -0.2) is 47.5 Å². The quantitative estimate of drug-likeness (QED) is 0.857. The van der Waals surface area contributed by atoms with Crippen LogP contribution in [0.5, 0.6) is 0 Å². The monoisotopic (exact) mass is 341 g/mol. The second-order valence-corrected chi connectivity index (χ2v) is 5.78. The zero-order valence-electron chi connectivity index (χ0n) is 14.2. The predicted octanol–water partition coefficient (Wildman–Crippen LogP) is 1.81. The van der Waals surface area contributed by atoms with E-state index >= 15 is 0 Å². The lowest BCUT2D eigenvalue weighted by Gasteiger charge is -2.15. The van der Waals surface area contributed by atoms with Crippen LogP contribution in [0, 0.1) is 6.92 Å². The summed E-state index contributed by atoms with van der Waals surface area (Å²) in [4.78, 5) is 41.8. The number of rotatable bonds is 4. The minimum atomic E-state index is -0.584. The molecule has 1 aromatic carbocycles. The Balaban J connectivity index is 1.85. The summed E-state index contributed by atoms with van der Waals surface area (Å²) in [5, 5.41) is 3.22. The number of nitrogens with one attached hydrogen (secondary N) is 1. The molecule has 3 rings (SSSR count). The zero-order valence-corrected chi connectivity index (χ0v) is 14.2. The molecule has 1 fully saturated rings. The molecule has 0 atom stereocenters. The standard InChI is InChI=1S/C18H19N3O4/c1-3-13-11(2)16(12-6-4-5-7-14(12)20-13)17(23)25-10-15(22)21-9-8-19-18(21)24/h4-7H,3,8-10H2,1-2H3,(H,19,24). The minimum Gasteiger partial charge on any atom is -0.452 e. The lowest BCUT2D eigenvalue weighted by molar-refractivity contribution is -0.130. The summed E-state index contributed by atoms with van der Waals surface area (Å²) in [7, 11) is 0. The fraction of sp³-hybridized carbons (Fsp3) is 0.333. The van der Waals surface area contributed by atoms with Gasteiger partial charge in [0.15, 0.2) is 6.61 Å². The lowest BCUT2D eigenvalue weighted by Crippen LogP contribution is -2.37. The molecule has 0 radical (unpaired) electrons. The molecule has 1 aliphatic heterocycles. The second kappa shape index (κ2) is 6.88. The van der Waals surface area contributed by atoms with Crippen molar-refractivity contribution in [2.24, 2.45) is 0 Å². The van der Waals surface area contributed by atoms with E-state index < -0.39 is 24.5 Å². The Morgan fingerprint density at radius 2 is 2.08 bits per heavy atom. The molecule has 7 nitrogen and oxygen atoms in total. The van der Waals surface area contributed by atoms with Crippen molar-refractivity contribution in [2.45, 2.75) is 20.3 Å². The number of carbonyl (C=O) groups is 3. The van der Waals surface area contributed by atoms with Crippen LogP contribution in [0.4, 0.5) is 4.79 Å². The summed E-state index contributed by atoms with van der Waals surface area (Å²) in [5.74, 6) is -1.12. The van der Waals surface area contributed by atoms with Crippen molar-refractivity contribution in [1.29, 1.82) is 0 Å². The SMILES string of the molecule is CCc1nc2ccccc2c(C(=O)OCC(=O)N2CCNC2=O)c1C. The number of aromatic nitrogens is 1. The fourth-order valence-electron chi connectivity index (χ4n) is 2.95. The van der Waals surface area contributed by atoms with Gasteiger partial charge in [0.2, 0.25) is 0 Å². The predicted molar refractivity (Wildman–Crippen MR) is 91.3 cm³/mol. The molecule has 130 valence electrons. The molecule has 0 aliphatic carbocycles. The van der Waals surface area contributed by atoms with Gasteiger partial charge in [0.05, 0.1) is 11.1 Å². The molecule has 1 aliphatic rings. The number of esters is 1. The number of carbonyl (C=O) groups excluding carboxylic acids is 3. The Morgan fingerprint density at radius 1 is 1.32 bits per heavy atom. The van der Waals surface area contributed by atoms with E-state index in [0.717, 1.165) is 16.2 Å². The molecular formula is C18H19N3O4. The minimum absolute atomic E-state index is 0.284. The molecule has 2 heterocycles. The largest absolute Gasteiger partial charge is 0.452 e. The van der Waals surface area contributed by atoms with Crippen LogP contribution in [0.1, 0.15) is 28.5 Å². The maximum absolute atomic E-state index is 12.6. The first kappa shape index (κ1) is 16.9. The number of hydrogen-bond acceptors (Lipinski definition) is 5. The van der Waals surface area contributed by atoms with Gasteiger partial charge in [-0.2, -0.15) is 0 Å². The summed E-state index contributed by atoms with van der Waals surface area (Å²) in [6, 6.07) is 6.87. The normalized spacial score (nSPS) is 13.8. The van der Waals surface area contributed by atoms with Crippen LogP contribution >= 0.6 is 0 Å². The molecule has 0 saturated carbocycles. The number of aryl methyl sites for hydroxylation is 1. The summed E-state index contributed by atoms with van der Waals surface area (Å²) >= 11 is 0. The van der Waals surface area contributed by atoms with Crippen LogP contribution in [0.15, 0.2) is 24.3 Å². The van der Waals surface area contributed by atoms with Crippen molar-refractivity contribution in [3.05, 3.63) is 41.1 Å². The number of imide groups is 1. The lowest BCUT2D eigenvalue weighted by atomic mass is 10.0. The Labute approximate surface area is 145 Å². The third kappa shape index (κ3) is 3.17. The van der Waals surface area contributed by atoms with Gasteiger partial charge in [-0.15, -0.1) is 0 Å². The van der Waals surface area contributed by atoms with E-state index in [1.165, 1.54) is 0 Å². The molecular weight excluding hydrogens is 322 g/mol. The molecule has 1 aromatic heterocycles. The zero-order chi connectivity index (χ0) is 18.0. The number of fused-ring (bicyclic) bond motifs is 1. The third-order valence-corrected chi connectivity index (χ3v) is 4.26. The number of ether oxygens (including phenoxy) is 1. The summed E-state index contributed by atoms with van der Waals surface area (Å²) in [6.07, 6.45) is 0.684. The highest BCUT2D eigenvalue weighted by molar-refractivity contribution is 6.06. The summed E-state index contributed by atoms with van der Waals surface area (Å²) < 4.78 is 5.20. The number of benzene rings is 1. The second-order valence-electron chi connectivity index (χ2n) is 5.78. The van der Waals surface area contributed by atoms with Crippen molar-refractivity contribution in [2.75, 3.05) is 19.7 Å². The highest BCUT2D eigenvalue weighted by atomic mass is 16.5. The maximum Gasteiger partial charge on any atom is 0.339 e. The van der Waals surface area contributed by atoms with Gasteiger partial charge in [-0.1, -0.05) is 25.1 Å². The van der Waals surface area contributed by atoms with E-state index in [-0.39, 0.29) is 6.54 Å². The Bertz CT molecular complexity index is 863. The van der Waals surface area contributed by atoms with E-state index in [9.17, 15) is 14.4 Å². The van der Waals surface area contributed by atoms with Gasteiger partial charge in [0.25, 0.3) is 5.91 Å². The van der Waals surface area contributed by atoms with Crippen molar-refractivity contribution in [1.82, 2.24) is 15.2 Å². The number of nitrogens with zero attached hydrogens (tertiary/aromatic N) is 2. The van der Waals surface area contributed by atoms with Gasteiger partial charge < -0.3 is 10.1 Å². The van der Waals surface area contributed by atoms with E-state index in [1.807, 2.05) is 32.0 Å². The summed E-state index contributed by atoms with van der Waals surface area (Å²) in [6.45, 7) is 4.02. The first-order valence-corrected chi connectivity index (χ1v) is 8.16. The molecule has 25 heavy (non-hydrogen) atoms. The van der Waals surface area contributed by atoms with Gasteiger partial charge in [-0.25, -0.2) is 9.59 Å². The number of pyridine rings is 1. The summed E-state index contributed by atoms with van der Waals surface area (Å²) in [5.41, 5.74) is 2.69. The van der Waals surface area contributed by atoms with Gasteiger partial charge >= 0.3 is 12.0 Å². The number of amides is 3. The maximum atomic E-state index is 12.6. The molecule has 0 bridgehead atoms. The topological polar surface area (TPSA) is 88.6 Å². The Kier molecular flexibility index (Phi) is 4.65. The van der Waals surface area contributed by atoms with E-state index in [4.69, 9.17) is 4.74 Å². The average molecular weight is 341 g/mol. The van der Waals surface area contributed by atoms with Gasteiger partial charge in [0.1, 0.15) is 0 Å². The van der Waals surface area contributed by atoms with Crippen LogP contribution in [-0.2, 0) is 16.0 Å². The van der Waals surface area contributed by atoms with Gasteiger partial charge in [-0.3, -0.25) is 14.7 Å². The molecule has 1 saturated heterocycles. The number of hydrogen-bond donors (Lipinski definition) is 1. The number of urea groups is 1. The first-order valence-electron chi connectivity index (χ1n) is 8.16. The van der Waals surface area contributed by atoms with Gasteiger partial charge in [0, 0.05) is 24.2 Å². The molecule has 1 N–H and O–H groups in total. The number of para-hydroxylation sites is 1. The third-order valence-electron chi connectivity index (χ3n) is 4.26. The average Bonchev–Trinajstić information content (AvgIpc) is 3.05. The highest BCUT2D eigenvalue weighted by Gasteiger charge is 2.27. The molecule has 0 spiro atoms. The van der Waals surface area contributed by atoms with E-state index in [2.05, 4.69) is 10.3 Å². The Hall–Kier alpha value is -2.96. The first-order chi connectivity index (χ1) is 12.0. The van der Waals surface area contributed by atoms with Crippen LogP contribution in [0.25, 0.3) is 10.9 Å². The molecule has 7 heteroatoms. The van der Waals surface area contributed by atoms with Crippen LogP contribution in [0.2, 0.25) is 0 Å². The smallest absolute Gasteiger partial charge is 0.339 e. The highest BCUT2D eigenvalue weighted by Crippen LogP contribution is 2.24. The molecule has 2 aromatic rings. The van der Waals surface area contributed by atoms with Crippen LogP contribution in [0.3, 0.4) is 0 Å². The molecule has 0 unspecified atom stereocenters. The van der Waals surface area contributed by atoms with Crippen molar-refractivity contribution in [3.8, 4) is 0 Å². The Morgan fingerprint density at radius 3 is 2.76 bits per heavy atom. The molecule has 3 amide bonds. The fourth-order valence-corrected chi connectivity index (χ4v) is 2.95.